The van der Waals surface area contributed by atoms with E-state index in [0.29, 0.717) is 0 Å². The van der Waals surface area contributed by atoms with Crippen LogP contribution in [0.5, 0.6) is 0 Å². The van der Waals surface area contributed by atoms with Crippen LogP contribution in [-0.2, 0) is 15.8 Å². The van der Waals surface area contributed by atoms with Crippen LogP contribution in [0.3, 0.4) is 0 Å². The molecule has 10 heteroatoms. The summed E-state index contributed by atoms with van der Waals surface area (Å²) in [6.45, 7) is -0.0367. The third-order valence-electron chi connectivity index (χ3n) is 3.80. The number of hydrogen-bond acceptors (Lipinski definition) is 5. The van der Waals surface area contributed by atoms with E-state index in [4.69, 9.17) is 21.7 Å². The van der Waals surface area contributed by atoms with Crippen LogP contribution in [0.4, 0.5) is 13.2 Å². The molecular weight excluding hydrogens is 415 g/mol. The number of alkyl halides is 3. The fourth-order valence-corrected chi connectivity index (χ4v) is 3.75. The van der Waals surface area contributed by atoms with Crippen molar-refractivity contribution in [1.82, 2.24) is 4.90 Å². The van der Waals surface area contributed by atoms with Crippen LogP contribution in [-0.4, -0.2) is 32.7 Å². The largest absolute Gasteiger partial charge is 0.481 e. The molecule has 1 aliphatic heterocycles. The molecule has 0 aliphatic carbocycles. The van der Waals surface area contributed by atoms with Gasteiger partial charge in [0.1, 0.15) is 15.8 Å². The van der Waals surface area contributed by atoms with E-state index in [0.717, 1.165) is 23.9 Å². The van der Waals surface area contributed by atoms with Crippen LogP contribution in [0.2, 0.25) is 0 Å². The summed E-state index contributed by atoms with van der Waals surface area (Å²) < 4.78 is 44.4. The lowest BCUT2D eigenvalue weighted by Gasteiger charge is -2.12. The van der Waals surface area contributed by atoms with Gasteiger partial charge in [-0.1, -0.05) is 36.1 Å². The van der Waals surface area contributed by atoms with Gasteiger partial charge in [0.15, 0.2) is 0 Å². The third-order valence-corrected chi connectivity index (χ3v) is 5.18. The van der Waals surface area contributed by atoms with E-state index in [1.54, 1.807) is 0 Å². The Bertz CT molecular complexity index is 981. The lowest BCUT2D eigenvalue weighted by atomic mass is 10.1. The number of rotatable bonds is 5. The molecule has 28 heavy (non-hydrogen) atoms. The topological polar surface area (TPSA) is 70.8 Å². The molecule has 1 aromatic heterocycles. The predicted molar refractivity (Wildman–Crippen MR) is 101 cm³/mol. The maximum absolute atomic E-state index is 12.9. The molecule has 1 aromatic carbocycles. The van der Waals surface area contributed by atoms with Gasteiger partial charge < -0.3 is 9.52 Å². The van der Waals surface area contributed by atoms with Crippen molar-refractivity contribution in [2.75, 3.05) is 6.54 Å². The second-order valence-corrected chi connectivity index (χ2v) is 7.43. The minimum absolute atomic E-state index is 0.0367. The van der Waals surface area contributed by atoms with Crippen LogP contribution in [0.15, 0.2) is 45.7 Å². The first-order valence-electron chi connectivity index (χ1n) is 7.90. The molecule has 0 spiro atoms. The number of nitrogens with zero attached hydrogens (tertiary/aromatic N) is 1. The van der Waals surface area contributed by atoms with E-state index in [1.807, 2.05) is 0 Å². The van der Waals surface area contributed by atoms with E-state index < -0.39 is 23.6 Å². The Labute approximate surface area is 166 Å². The van der Waals surface area contributed by atoms with Crippen molar-refractivity contribution < 1.29 is 32.3 Å². The van der Waals surface area contributed by atoms with Gasteiger partial charge in [-0.15, -0.1) is 0 Å². The molecule has 1 amide bonds. The summed E-state index contributed by atoms with van der Waals surface area (Å²) in [6, 6.07) is 7.76. The van der Waals surface area contributed by atoms with E-state index in [2.05, 4.69) is 0 Å². The first-order chi connectivity index (χ1) is 13.1. The van der Waals surface area contributed by atoms with Crippen molar-refractivity contribution >= 4 is 46.3 Å². The Hall–Kier alpha value is -2.59. The number of carbonyl (C=O) groups excluding carboxylic acids is 1. The van der Waals surface area contributed by atoms with Crippen molar-refractivity contribution in [2.24, 2.45) is 0 Å². The lowest BCUT2D eigenvalue weighted by Crippen LogP contribution is -2.30. The van der Waals surface area contributed by atoms with Crippen LogP contribution < -0.4 is 0 Å². The zero-order chi connectivity index (χ0) is 20.5. The van der Waals surface area contributed by atoms with E-state index >= 15 is 0 Å². The van der Waals surface area contributed by atoms with Gasteiger partial charge >= 0.3 is 12.1 Å². The Kier molecular flexibility index (Phi) is 5.61. The predicted octanol–water partition coefficient (Wildman–Crippen LogP) is 4.64. The molecule has 1 N–H and O–H groups in total. The molecule has 3 rings (SSSR count). The Morgan fingerprint density at radius 2 is 2.04 bits per heavy atom. The number of carboxylic acids is 1. The number of carbonyl (C=O) groups is 2. The van der Waals surface area contributed by atoms with Crippen molar-refractivity contribution in [2.45, 2.75) is 12.6 Å². The molecule has 0 radical (unpaired) electrons. The molecule has 146 valence electrons. The normalized spacial score (nSPS) is 16.2. The molecule has 0 unspecified atom stereocenters. The monoisotopic (exact) mass is 427 g/mol. The number of thioether (sulfide) groups is 1. The fraction of sp³-hybridized carbons (Fsp3) is 0.167. The Morgan fingerprint density at radius 3 is 2.71 bits per heavy atom. The van der Waals surface area contributed by atoms with Gasteiger partial charge in [0.2, 0.25) is 0 Å². The molecule has 1 aliphatic rings. The van der Waals surface area contributed by atoms with Crippen LogP contribution in [0.1, 0.15) is 17.7 Å². The van der Waals surface area contributed by atoms with E-state index in [1.165, 1.54) is 35.2 Å². The molecule has 5 nitrogen and oxygen atoms in total. The molecule has 2 aromatic rings. The van der Waals surface area contributed by atoms with Crippen molar-refractivity contribution in [3.8, 4) is 11.3 Å². The molecule has 0 atom stereocenters. The number of aliphatic carboxylic acids is 1. The maximum Gasteiger partial charge on any atom is 0.416 e. The van der Waals surface area contributed by atoms with Crippen molar-refractivity contribution in [3.63, 3.8) is 0 Å². The third kappa shape index (κ3) is 4.45. The Morgan fingerprint density at radius 1 is 1.29 bits per heavy atom. The summed E-state index contributed by atoms with van der Waals surface area (Å²) in [5.74, 6) is -0.993. The second-order valence-electron chi connectivity index (χ2n) is 5.76. The zero-order valence-corrected chi connectivity index (χ0v) is 15.7. The summed E-state index contributed by atoms with van der Waals surface area (Å²) >= 11 is 6.10. The van der Waals surface area contributed by atoms with Gasteiger partial charge in [0.25, 0.3) is 5.91 Å². The van der Waals surface area contributed by atoms with Crippen molar-refractivity contribution in [1.29, 1.82) is 0 Å². The van der Waals surface area contributed by atoms with Gasteiger partial charge in [0.05, 0.1) is 16.9 Å². The first-order valence-corrected chi connectivity index (χ1v) is 9.12. The van der Waals surface area contributed by atoms with Gasteiger partial charge in [-0.2, -0.15) is 13.2 Å². The summed E-state index contributed by atoms with van der Waals surface area (Å²) in [4.78, 5) is 24.5. The maximum atomic E-state index is 12.9. The van der Waals surface area contributed by atoms with Gasteiger partial charge in [-0.05, 0) is 24.3 Å². The average molecular weight is 427 g/mol. The smallest absolute Gasteiger partial charge is 0.416 e. The summed E-state index contributed by atoms with van der Waals surface area (Å²) in [6.07, 6.45) is -3.27. The number of hydrogen-bond donors (Lipinski definition) is 1. The number of amides is 1. The number of halogens is 3. The number of furan rings is 1. The van der Waals surface area contributed by atoms with Crippen LogP contribution in [0, 0.1) is 0 Å². The minimum atomic E-state index is -4.46. The van der Waals surface area contributed by atoms with Crippen LogP contribution >= 0.6 is 24.0 Å². The van der Waals surface area contributed by atoms with E-state index in [-0.39, 0.29) is 39.3 Å². The summed E-state index contributed by atoms with van der Waals surface area (Å²) in [7, 11) is 0. The standard InChI is InChI=1S/C18H12F3NO4S2/c19-18(20,21)11-3-1-2-10(8-11)13-5-4-12(26-13)9-14-16(25)22(17(27)28-14)7-6-15(23)24/h1-5,8-9H,6-7H2,(H,23,24)/b14-9+. The highest BCUT2D eigenvalue weighted by atomic mass is 32.2. The second kappa shape index (κ2) is 7.80. The molecule has 1 saturated heterocycles. The average Bonchev–Trinajstić information content (AvgIpc) is 3.18. The van der Waals surface area contributed by atoms with Crippen LogP contribution in [0.25, 0.3) is 17.4 Å². The van der Waals surface area contributed by atoms with Gasteiger partial charge in [0, 0.05) is 18.2 Å². The van der Waals surface area contributed by atoms with Gasteiger partial charge in [-0.3, -0.25) is 14.5 Å². The number of thiocarbonyl (C=S) groups is 1. The highest BCUT2D eigenvalue weighted by Gasteiger charge is 2.33. The molecule has 0 saturated carbocycles. The van der Waals surface area contributed by atoms with Gasteiger partial charge in [-0.25, -0.2) is 0 Å². The molecule has 0 bridgehead atoms. The molecule has 1 fully saturated rings. The first kappa shape index (κ1) is 20.2. The zero-order valence-electron chi connectivity index (χ0n) is 14.0. The fourth-order valence-electron chi connectivity index (χ4n) is 2.46. The minimum Gasteiger partial charge on any atom is -0.481 e. The highest BCUT2D eigenvalue weighted by molar-refractivity contribution is 8.26. The lowest BCUT2D eigenvalue weighted by molar-refractivity contribution is -0.138. The highest BCUT2D eigenvalue weighted by Crippen LogP contribution is 2.35. The quantitative estimate of drug-likeness (QED) is 0.554. The number of carboxylic acid groups (broad SMARTS) is 1. The summed E-state index contributed by atoms with van der Waals surface area (Å²) in [5.41, 5.74) is -0.536. The molecule has 2 heterocycles. The summed E-state index contributed by atoms with van der Waals surface area (Å²) in [5, 5.41) is 8.74. The SMILES string of the molecule is O=C(O)CCN1C(=O)/C(=C\c2ccc(-c3cccc(C(F)(F)F)c3)o2)SC1=S. The molecular formula is C18H12F3NO4S2. The number of benzene rings is 1. The van der Waals surface area contributed by atoms with E-state index in [9.17, 15) is 22.8 Å². The van der Waals surface area contributed by atoms with Crippen molar-refractivity contribution in [3.05, 3.63) is 52.6 Å². The Balaban J connectivity index is 1.80.